The monoisotopic (exact) mass is 445 g/mol. The van der Waals surface area contributed by atoms with Crippen molar-refractivity contribution in [1.82, 2.24) is 9.88 Å². The Hall–Kier alpha value is -2.92. The minimum absolute atomic E-state index is 0.0286. The van der Waals surface area contributed by atoms with Gasteiger partial charge < -0.3 is 14.5 Å². The first kappa shape index (κ1) is 23.2. The lowest BCUT2D eigenvalue weighted by Gasteiger charge is -2.39. The highest BCUT2D eigenvalue weighted by Crippen LogP contribution is 2.42. The van der Waals surface area contributed by atoms with Gasteiger partial charge in [0.05, 0.1) is 6.10 Å². The number of anilines is 1. The number of hydrogen-bond donors (Lipinski definition) is 0. The summed E-state index contributed by atoms with van der Waals surface area (Å²) in [5.74, 6) is 0.740. The van der Waals surface area contributed by atoms with Crippen LogP contribution in [0.15, 0.2) is 73.0 Å². The summed E-state index contributed by atoms with van der Waals surface area (Å²) in [5.41, 5.74) is 1.92. The lowest BCUT2D eigenvalue weighted by molar-refractivity contribution is 0.0378. The van der Waals surface area contributed by atoms with Crippen LogP contribution in [0.4, 0.5) is 5.82 Å². The maximum absolute atomic E-state index is 12.6. The Labute approximate surface area is 197 Å². The third-order valence-electron chi connectivity index (χ3n) is 6.80. The van der Waals surface area contributed by atoms with Crippen LogP contribution in [0.25, 0.3) is 0 Å². The fourth-order valence-electron chi connectivity index (χ4n) is 5.12. The Morgan fingerprint density at radius 1 is 1.21 bits per heavy atom. The molecule has 1 aliphatic carbocycles. The van der Waals surface area contributed by atoms with Crippen LogP contribution >= 0.6 is 0 Å². The number of hydrogen-bond acceptors (Lipinski definition) is 5. The van der Waals surface area contributed by atoms with Gasteiger partial charge in [-0.2, -0.15) is 0 Å². The standard InChI is InChI=1S/C28H35N3O2/c1-21(2)33-27(32)24-13-10-17-29-26(24)30(4)23-15-18-31(19-23)20-28(3)16-9-8-14-25(28)22-11-6-5-7-12-22/h5-14,16-17,21,23,25H,15,18-20H2,1-4H3/t23-,25?,28?/m1/s1. The number of carbonyl (C=O) groups is 1. The summed E-state index contributed by atoms with van der Waals surface area (Å²) < 4.78 is 5.45. The van der Waals surface area contributed by atoms with Gasteiger partial charge in [0, 0.05) is 50.3 Å². The van der Waals surface area contributed by atoms with Crippen molar-refractivity contribution in [2.45, 2.75) is 45.3 Å². The van der Waals surface area contributed by atoms with E-state index in [1.807, 2.05) is 20.9 Å². The molecule has 5 nitrogen and oxygen atoms in total. The molecule has 0 saturated carbocycles. The van der Waals surface area contributed by atoms with Gasteiger partial charge >= 0.3 is 5.97 Å². The second kappa shape index (κ2) is 9.92. The predicted octanol–water partition coefficient (Wildman–Crippen LogP) is 5.07. The van der Waals surface area contributed by atoms with Crippen LogP contribution in [0, 0.1) is 5.41 Å². The first-order chi connectivity index (χ1) is 15.9. The van der Waals surface area contributed by atoms with Gasteiger partial charge in [0.25, 0.3) is 0 Å². The van der Waals surface area contributed by atoms with Crippen LogP contribution in [-0.2, 0) is 4.74 Å². The van der Waals surface area contributed by atoms with Gasteiger partial charge in [0.1, 0.15) is 11.4 Å². The maximum Gasteiger partial charge on any atom is 0.342 e. The SMILES string of the molecule is CC(C)OC(=O)c1cccnc1N(C)[C@@H]1CCN(CC2(C)C=CC=CC2c2ccccc2)C1. The van der Waals surface area contributed by atoms with Gasteiger partial charge in [-0.05, 0) is 38.0 Å². The number of ether oxygens (including phenoxy) is 1. The van der Waals surface area contributed by atoms with Gasteiger partial charge in [0.2, 0.25) is 0 Å². The van der Waals surface area contributed by atoms with Crippen molar-refractivity contribution in [3.8, 4) is 0 Å². The van der Waals surface area contributed by atoms with Crippen molar-refractivity contribution in [1.29, 1.82) is 0 Å². The van der Waals surface area contributed by atoms with E-state index in [9.17, 15) is 4.79 Å². The molecule has 174 valence electrons. The molecule has 2 unspecified atom stereocenters. The van der Waals surface area contributed by atoms with E-state index < -0.39 is 0 Å². The molecule has 1 aromatic carbocycles. The van der Waals surface area contributed by atoms with Crippen LogP contribution in [0.3, 0.4) is 0 Å². The molecule has 1 fully saturated rings. The Morgan fingerprint density at radius 2 is 2.00 bits per heavy atom. The molecule has 0 spiro atoms. The summed E-state index contributed by atoms with van der Waals surface area (Å²) in [6.07, 6.45) is 11.7. The molecule has 2 aromatic rings. The summed E-state index contributed by atoms with van der Waals surface area (Å²) >= 11 is 0. The fraction of sp³-hybridized carbons (Fsp3) is 0.429. The largest absolute Gasteiger partial charge is 0.459 e. The van der Waals surface area contributed by atoms with Gasteiger partial charge in [-0.15, -0.1) is 0 Å². The summed E-state index contributed by atoms with van der Waals surface area (Å²) in [5, 5.41) is 0. The normalized spacial score (nSPS) is 24.9. The molecule has 3 atom stereocenters. The van der Waals surface area contributed by atoms with E-state index >= 15 is 0 Å². The molecule has 1 saturated heterocycles. The number of esters is 1. The van der Waals surface area contributed by atoms with Crippen molar-refractivity contribution in [2.24, 2.45) is 5.41 Å². The van der Waals surface area contributed by atoms with Crippen molar-refractivity contribution in [3.05, 3.63) is 84.1 Å². The number of pyridine rings is 1. The second-order valence-electron chi connectivity index (χ2n) is 9.76. The second-order valence-corrected chi connectivity index (χ2v) is 9.76. The number of allylic oxidation sites excluding steroid dienone is 3. The summed E-state index contributed by atoms with van der Waals surface area (Å²) in [6, 6.07) is 14.7. The number of aromatic nitrogens is 1. The minimum Gasteiger partial charge on any atom is -0.459 e. The zero-order valence-corrected chi connectivity index (χ0v) is 20.1. The summed E-state index contributed by atoms with van der Waals surface area (Å²) in [7, 11) is 2.04. The molecule has 1 aliphatic heterocycles. The Morgan fingerprint density at radius 3 is 2.76 bits per heavy atom. The van der Waals surface area contributed by atoms with Gasteiger partial charge in [-0.3, -0.25) is 0 Å². The highest BCUT2D eigenvalue weighted by Gasteiger charge is 2.37. The highest BCUT2D eigenvalue weighted by molar-refractivity contribution is 5.94. The van der Waals surface area contributed by atoms with Crippen LogP contribution in [0.2, 0.25) is 0 Å². The van der Waals surface area contributed by atoms with Crippen LogP contribution in [0.5, 0.6) is 0 Å². The van der Waals surface area contributed by atoms with E-state index in [0.29, 0.717) is 23.3 Å². The smallest absolute Gasteiger partial charge is 0.342 e. The third kappa shape index (κ3) is 5.19. The number of carbonyl (C=O) groups excluding carboxylic acids is 1. The molecule has 4 rings (SSSR count). The molecule has 0 N–H and O–H groups in total. The first-order valence-electron chi connectivity index (χ1n) is 11.9. The summed E-state index contributed by atoms with van der Waals surface area (Å²) in [6.45, 7) is 9.06. The van der Waals surface area contributed by atoms with E-state index in [1.165, 1.54) is 5.56 Å². The highest BCUT2D eigenvalue weighted by atomic mass is 16.5. The Bertz CT molecular complexity index is 1020. The zero-order valence-electron chi connectivity index (χ0n) is 20.1. The van der Waals surface area contributed by atoms with Crippen molar-refractivity contribution < 1.29 is 9.53 Å². The van der Waals surface area contributed by atoms with Crippen molar-refractivity contribution in [2.75, 3.05) is 31.6 Å². The lowest BCUT2D eigenvalue weighted by Crippen LogP contribution is -2.41. The predicted molar refractivity (Wildman–Crippen MR) is 134 cm³/mol. The molecule has 33 heavy (non-hydrogen) atoms. The number of benzene rings is 1. The van der Waals surface area contributed by atoms with E-state index in [4.69, 9.17) is 4.74 Å². The third-order valence-corrected chi connectivity index (χ3v) is 6.80. The molecule has 0 amide bonds. The van der Waals surface area contributed by atoms with E-state index in [2.05, 4.69) is 76.3 Å². The quantitative estimate of drug-likeness (QED) is 0.557. The number of likely N-dealkylation sites (N-methyl/N-ethyl adjacent to an activating group) is 1. The average Bonchev–Trinajstić information content (AvgIpc) is 3.27. The minimum atomic E-state index is -0.313. The molecular formula is C28H35N3O2. The van der Waals surface area contributed by atoms with E-state index in [1.54, 1.807) is 18.3 Å². The van der Waals surface area contributed by atoms with E-state index in [0.717, 1.165) is 26.1 Å². The average molecular weight is 446 g/mol. The first-order valence-corrected chi connectivity index (χ1v) is 11.9. The lowest BCUT2D eigenvalue weighted by atomic mass is 9.71. The molecule has 5 heteroatoms. The summed E-state index contributed by atoms with van der Waals surface area (Å²) in [4.78, 5) is 21.9. The maximum atomic E-state index is 12.6. The van der Waals surface area contributed by atoms with Crippen molar-refractivity contribution in [3.63, 3.8) is 0 Å². The number of nitrogens with zero attached hydrogens (tertiary/aromatic N) is 3. The van der Waals surface area contributed by atoms with Gasteiger partial charge in [-0.1, -0.05) is 61.6 Å². The molecular weight excluding hydrogens is 410 g/mol. The van der Waals surface area contributed by atoms with Gasteiger partial charge in [-0.25, -0.2) is 9.78 Å². The Balaban J connectivity index is 1.46. The van der Waals surface area contributed by atoms with Crippen LogP contribution in [0.1, 0.15) is 49.0 Å². The molecule has 2 aliphatic rings. The van der Waals surface area contributed by atoms with Crippen LogP contribution < -0.4 is 4.90 Å². The molecule has 0 bridgehead atoms. The van der Waals surface area contributed by atoms with Gasteiger partial charge in [0.15, 0.2) is 0 Å². The Kier molecular flexibility index (Phi) is 6.99. The van der Waals surface area contributed by atoms with Crippen LogP contribution in [-0.4, -0.2) is 54.7 Å². The molecule has 0 radical (unpaired) electrons. The molecule has 1 aromatic heterocycles. The molecule has 2 heterocycles. The topological polar surface area (TPSA) is 45.7 Å². The van der Waals surface area contributed by atoms with Crippen molar-refractivity contribution >= 4 is 11.8 Å². The number of rotatable bonds is 7. The fourth-order valence-corrected chi connectivity index (χ4v) is 5.12. The number of likely N-dealkylation sites (tertiary alicyclic amines) is 1. The van der Waals surface area contributed by atoms with E-state index in [-0.39, 0.29) is 17.5 Å². The zero-order chi connectivity index (χ0) is 23.4.